The summed E-state index contributed by atoms with van der Waals surface area (Å²) in [4.78, 5) is 23.7. The molecule has 4 rings (SSSR count). The summed E-state index contributed by atoms with van der Waals surface area (Å²) < 4.78 is 5.51. The van der Waals surface area contributed by atoms with Crippen LogP contribution in [0.15, 0.2) is 100 Å². The van der Waals surface area contributed by atoms with Crippen molar-refractivity contribution in [2.75, 3.05) is 0 Å². The Morgan fingerprint density at radius 2 is 1.07 bits per heavy atom. The highest BCUT2D eigenvalue weighted by Gasteiger charge is 2.30. The first-order valence-electron chi connectivity index (χ1n) is 8.68. The van der Waals surface area contributed by atoms with Crippen molar-refractivity contribution in [2.45, 2.75) is 0 Å². The molecule has 1 aromatic heterocycles. The Morgan fingerprint density at radius 3 is 1.54 bits per heavy atom. The van der Waals surface area contributed by atoms with Crippen molar-refractivity contribution in [1.82, 2.24) is 0 Å². The third-order valence-corrected chi connectivity index (χ3v) is 4.45. The molecule has 5 nitrogen and oxygen atoms in total. The van der Waals surface area contributed by atoms with E-state index in [-0.39, 0.29) is 5.56 Å². The second-order valence-corrected chi connectivity index (χ2v) is 6.17. The van der Waals surface area contributed by atoms with Gasteiger partial charge in [0, 0.05) is 11.1 Å². The van der Waals surface area contributed by atoms with Crippen molar-refractivity contribution in [3.63, 3.8) is 0 Å². The lowest BCUT2D eigenvalue weighted by Gasteiger charge is -2.14. The normalized spacial score (nSPS) is 10.6. The molecule has 0 spiro atoms. The molecular weight excluding hydrogens is 354 g/mol. The molecule has 0 bridgehead atoms. The number of rotatable bonds is 4. The standard InChI is InChI=1S/C23H15NO4/c25-23-21(24(26)27)19(16-10-4-1-5-11-16)20(17-12-6-2-7-13-17)22(28-23)18-14-8-3-9-15-18/h1-15H. The maximum absolute atomic E-state index is 12.6. The number of benzene rings is 3. The molecule has 1 heterocycles. The average molecular weight is 369 g/mol. The van der Waals surface area contributed by atoms with Crippen LogP contribution in [0.25, 0.3) is 33.6 Å². The predicted octanol–water partition coefficient (Wildman–Crippen LogP) is 5.55. The predicted molar refractivity (Wildman–Crippen MR) is 108 cm³/mol. The van der Waals surface area contributed by atoms with Crippen molar-refractivity contribution >= 4 is 5.69 Å². The van der Waals surface area contributed by atoms with Gasteiger partial charge in [0.05, 0.1) is 10.5 Å². The quantitative estimate of drug-likeness (QED) is 0.349. The van der Waals surface area contributed by atoms with Crippen LogP contribution in [-0.4, -0.2) is 4.92 Å². The first kappa shape index (κ1) is 17.4. The molecule has 0 saturated heterocycles. The van der Waals surface area contributed by atoms with E-state index < -0.39 is 16.2 Å². The van der Waals surface area contributed by atoms with Crippen LogP contribution in [-0.2, 0) is 0 Å². The molecule has 0 aliphatic heterocycles. The summed E-state index contributed by atoms with van der Waals surface area (Å²) in [6.07, 6.45) is 0. The molecule has 0 aliphatic rings. The Balaban J connectivity index is 2.20. The van der Waals surface area contributed by atoms with Gasteiger partial charge in [-0.15, -0.1) is 0 Å². The molecule has 0 radical (unpaired) electrons. The van der Waals surface area contributed by atoms with Gasteiger partial charge in [0.1, 0.15) is 5.76 Å². The molecule has 0 fully saturated rings. The molecule has 136 valence electrons. The maximum atomic E-state index is 12.6. The zero-order chi connectivity index (χ0) is 19.5. The summed E-state index contributed by atoms with van der Waals surface area (Å²) in [5.41, 5.74) is 1.22. The number of nitrogens with zero attached hydrogens (tertiary/aromatic N) is 1. The minimum absolute atomic E-state index is 0.256. The molecular formula is C23H15NO4. The van der Waals surface area contributed by atoms with Gasteiger partial charge < -0.3 is 4.42 Å². The van der Waals surface area contributed by atoms with E-state index >= 15 is 0 Å². The lowest BCUT2D eigenvalue weighted by atomic mass is 9.91. The van der Waals surface area contributed by atoms with E-state index in [1.54, 1.807) is 24.3 Å². The molecule has 0 aliphatic carbocycles. The van der Waals surface area contributed by atoms with Crippen molar-refractivity contribution in [3.8, 4) is 33.6 Å². The highest BCUT2D eigenvalue weighted by Crippen LogP contribution is 2.43. The summed E-state index contributed by atoms with van der Waals surface area (Å²) in [5, 5.41) is 11.8. The lowest BCUT2D eigenvalue weighted by molar-refractivity contribution is -0.386. The Hall–Kier alpha value is -3.99. The highest BCUT2D eigenvalue weighted by molar-refractivity contribution is 5.95. The van der Waals surface area contributed by atoms with Crippen LogP contribution in [0, 0.1) is 10.1 Å². The van der Waals surface area contributed by atoms with E-state index in [1.165, 1.54) is 0 Å². The third-order valence-electron chi connectivity index (χ3n) is 4.45. The van der Waals surface area contributed by atoms with Crippen molar-refractivity contribution < 1.29 is 9.34 Å². The van der Waals surface area contributed by atoms with Crippen LogP contribution >= 0.6 is 0 Å². The lowest BCUT2D eigenvalue weighted by Crippen LogP contribution is -2.11. The molecule has 5 heteroatoms. The van der Waals surface area contributed by atoms with Crippen LogP contribution in [0.4, 0.5) is 5.69 Å². The fraction of sp³-hybridized carbons (Fsp3) is 0. The zero-order valence-electron chi connectivity index (χ0n) is 14.7. The Kier molecular flexibility index (Phi) is 4.56. The van der Waals surface area contributed by atoms with E-state index in [0.717, 1.165) is 5.56 Å². The first-order chi connectivity index (χ1) is 13.7. The van der Waals surface area contributed by atoms with Gasteiger partial charge in [-0.3, -0.25) is 10.1 Å². The van der Waals surface area contributed by atoms with Crippen molar-refractivity contribution in [2.24, 2.45) is 0 Å². The maximum Gasteiger partial charge on any atom is 0.416 e. The number of hydrogen-bond acceptors (Lipinski definition) is 4. The van der Waals surface area contributed by atoms with Gasteiger partial charge in [0.15, 0.2) is 0 Å². The fourth-order valence-electron chi connectivity index (χ4n) is 3.25. The second kappa shape index (κ2) is 7.32. The monoisotopic (exact) mass is 369 g/mol. The van der Waals surface area contributed by atoms with E-state index in [9.17, 15) is 14.9 Å². The Morgan fingerprint density at radius 1 is 0.643 bits per heavy atom. The summed E-state index contributed by atoms with van der Waals surface area (Å²) in [7, 11) is 0. The van der Waals surface area contributed by atoms with Gasteiger partial charge in [0.25, 0.3) is 0 Å². The second-order valence-electron chi connectivity index (χ2n) is 6.17. The molecule has 0 atom stereocenters. The van der Waals surface area contributed by atoms with Gasteiger partial charge in [-0.1, -0.05) is 91.0 Å². The van der Waals surface area contributed by atoms with E-state index in [2.05, 4.69) is 0 Å². The molecule has 3 aromatic carbocycles. The number of hydrogen-bond donors (Lipinski definition) is 0. The Bertz CT molecular complexity index is 1180. The van der Waals surface area contributed by atoms with Crippen LogP contribution in [0.5, 0.6) is 0 Å². The molecule has 0 N–H and O–H groups in total. The average Bonchev–Trinajstić information content (AvgIpc) is 2.74. The van der Waals surface area contributed by atoms with Gasteiger partial charge in [0.2, 0.25) is 0 Å². The van der Waals surface area contributed by atoms with Gasteiger partial charge in [-0.25, -0.2) is 4.79 Å². The zero-order valence-corrected chi connectivity index (χ0v) is 14.7. The SMILES string of the molecule is O=c1oc(-c2ccccc2)c(-c2ccccc2)c(-c2ccccc2)c1[N+](=O)[O-]. The van der Waals surface area contributed by atoms with Crippen LogP contribution in [0.2, 0.25) is 0 Å². The van der Waals surface area contributed by atoms with Crippen LogP contribution in [0.3, 0.4) is 0 Å². The van der Waals surface area contributed by atoms with Crippen LogP contribution < -0.4 is 5.63 Å². The van der Waals surface area contributed by atoms with Crippen molar-refractivity contribution in [1.29, 1.82) is 0 Å². The van der Waals surface area contributed by atoms with E-state index in [1.807, 2.05) is 66.7 Å². The van der Waals surface area contributed by atoms with Gasteiger partial charge in [-0.05, 0) is 11.1 Å². The Labute approximate surface area is 160 Å². The first-order valence-corrected chi connectivity index (χ1v) is 8.68. The summed E-state index contributed by atoms with van der Waals surface area (Å²) >= 11 is 0. The largest absolute Gasteiger partial charge is 0.417 e. The molecule has 0 unspecified atom stereocenters. The third kappa shape index (κ3) is 3.10. The van der Waals surface area contributed by atoms with Crippen molar-refractivity contribution in [3.05, 3.63) is 112 Å². The summed E-state index contributed by atoms with van der Waals surface area (Å²) in [6.45, 7) is 0. The minimum atomic E-state index is -0.970. The summed E-state index contributed by atoms with van der Waals surface area (Å²) in [6, 6.07) is 27.3. The van der Waals surface area contributed by atoms with Crippen LogP contribution in [0.1, 0.15) is 0 Å². The molecule has 4 aromatic rings. The highest BCUT2D eigenvalue weighted by atomic mass is 16.6. The topological polar surface area (TPSA) is 73.3 Å². The smallest absolute Gasteiger partial charge is 0.416 e. The van der Waals surface area contributed by atoms with Gasteiger partial charge >= 0.3 is 11.3 Å². The molecule has 0 saturated carbocycles. The van der Waals surface area contributed by atoms with E-state index in [4.69, 9.17) is 4.42 Å². The van der Waals surface area contributed by atoms with E-state index in [0.29, 0.717) is 22.5 Å². The number of nitro groups is 1. The van der Waals surface area contributed by atoms with Gasteiger partial charge in [-0.2, -0.15) is 0 Å². The molecule has 28 heavy (non-hydrogen) atoms. The minimum Gasteiger partial charge on any atom is -0.417 e. The summed E-state index contributed by atoms with van der Waals surface area (Å²) in [5.74, 6) is 0.307. The fourth-order valence-corrected chi connectivity index (χ4v) is 3.25. The molecule has 0 amide bonds.